The average molecular weight is 273 g/mol. The molecular formula is C13H21F2NOSi. The molecule has 5 heteroatoms. The molecule has 1 aromatic carbocycles. The molecule has 0 radical (unpaired) electrons. The molecule has 18 heavy (non-hydrogen) atoms. The zero-order chi connectivity index (χ0) is 14.1. The minimum atomic E-state index is -2.08. The largest absolute Gasteiger partial charge is 0.543 e. The lowest BCUT2D eigenvalue weighted by atomic mass is 10.2. The van der Waals surface area contributed by atoms with Crippen molar-refractivity contribution in [2.45, 2.75) is 45.4 Å². The normalized spacial score (nSPS) is 12.7. The van der Waals surface area contributed by atoms with Gasteiger partial charge < -0.3 is 10.2 Å². The number of hydrogen-bond acceptors (Lipinski definition) is 2. The van der Waals surface area contributed by atoms with Crippen molar-refractivity contribution in [3.63, 3.8) is 0 Å². The highest BCUT2D eigenvalue weighted by atomic mass is 28.4. The Bertz CT molecular complexity index is 418. The fourth-order valence-corrected chi connectivity index (χ4v) is 2.29. The molecule has 0 aliphatic carbocycles. The summed E-state index contributed by atoms with van der Waals surface area (Å²) < 4.78 is 33.0. The molecule has 0 amide bonds. The number of hydrogen-bond donors (Lipinski definition) is 1. The highest BCUT2D eigenvalue weighted by molar-refractivity contribution is 6.74. The zero-order valence-electron chi connectivity index (χ0n) is 11.6. The van der Waals surface area contributed by atoms with Crippen LogP contribution in [0.4, 0.5) is 8.78 Å². The second-order valence-corrected chi connectivity index (χ2v) is 10.7. The van der Waals surface area contributed by atoms with E-state index in [1.54, 1.807) is 0 Å². The first kappa shape index (κ1) is 15.1. The van der Waals surface area contributed by atoms with Crippen LogP contribution in [0.25, 0.3) is 0 Å². The highest BCUT2D eigenvalue weighted by Gasteiger charge is 2.39. The molecule has 2 N–H and O–H groups in total. The van der Waals surface area contributed by atoms with Crippen molar-refractivity contribution < 1.29 is 13.2 Å². The van der Waals surface area contributed by atoms with Gasteiger partial charge in [0.2, 0.25) is 8.32 Å². The van der Waals surface area contributed by atoms with Gasteiger partial charge in [-0.25, -0.2) is 8.78 Å². The van der Waals surface area contributed by atoms with E-state index in [0.717, 1.165) is 0 Å². The maximum atomic E-state index is 13.6. The van der Waals surface area contributed by atoms with Gasteiger partial charge in [-0.15, -0.1) is 0 Å². The SMILES string of the molecule is CC(C)(C)[Si](C)(C)Oc1cc(F)c(CN)c(F)c1. The second-order valence-electron chi connectivity index (χ2n) is 5.93. The smallest absolute Gasteiger partial charge is 0.250 e. The van der Waals surface area contributed by atoms with E-state index < -0.39 is 20.0 Å². The molecule has 2 nitrogen and oxygen atoms in total. The molecule has 0 aromatic heterocycles. The van der Waals surface area contributed by atoms with Crippen LogP contribution < -0.4 is 10.2 Å². The maximum Gasteiger partial charge on any atom is 0.250 e. The number of rotatable bonds is 3. The fourth-order valence-electron chi connectivity index (χ4n) is 1.28. The lowest BCUT2D eigenvalue weighted by Crippen LogP contribution is -2.43. The molecule has 0 fully saturated rings. The predicted molar refractivity (Wildman–Crippen MR) is 72.1 cm³/mol. The number of benzene rings is 1. The Hall–Kier alpha value is -0.943. The van der Waals surface area contributed by atoms with Gasteiger partial charge in [0.25, 0.3) is 0 Å². The van der Waals surface area contributed by atoms with Gasteiger partial charge in [-0.05, 0) is 18.1 Å². The fraction of sp³-hybridized carbons (Fsp3) is 0.538. The van der Waals surface area contributed by atoms with E-state index in [9.17, 15) is 8.78 Å². The molecule has 0 spiro atoms. The van der Waals surface area contributed by atoms with Gasteiger partial charge >= 0.3 is 0 Å². The molecule has 1 rings (SSSR count). The van der Waals surface area contributed by atoms with Gasteiger partial charge in [0, 0.05) is 24.2 Å². The van der Waals surface area contributed by atoms with Gasteiger partial charge in [0.05, 0.1) is 0 Å². The van der Waals surface area contributed by atoms with Gasteiger partial charge in [0.15, 0.2) is 0 Å². The number of nitrogens with two attached hydrogens (primary N) is 1. The van der Waals surface area contributed by atoms with Gasteiger partial charge in [-0.2, -0.15) is 0 Å². The van der Waals surface area contributed by atoms with Crippen LogP contribution in [0.5, 0.6) is 5.75 Å². The molecule has 0 heterocycles. The summed E-state index contributed by atoms with van der Waals surface area (Å²) in [6.07, 6.45) is 0. The van der Waals surface area contributed by atoms with Crippen molar-refractivity contribution >= 4 is 8.32 Å². The summed E-state index contributed by atoms with van der Waals surface area (Å²) in [6.45, 7) is 10.1. The Kier molecular flexibility index (Phi) is 4.18. The third-order valence-electron chi connectivity index (χ3n) is 3.50. The van der Waals surface area contributed by atoms with Crippen LogP contribution >= 0.6 is 0 Å². The van der Waals surface area contributed by atoms with Gasteiger partial charge in [-0.3, -0.25) is 0 Å². The van der Waals surface area contributed by atoms with Crippen LogP contribution in [0, 0.1) is 11.6 Å². The lowest BCUT2D eigenvalue weighted by molar-refractivity contribution is 0.475. The van der Waals surface area contributed by atoms with E-state index in [4.69, 9.17) is 10.2 Å². The minimum absolute atomic E-state index is 0.0213. The molecule has 102 valence electrons. The van der Waals surface area contributed by atoms with Crippen LogP contribution in [0.2, 0.25) is 18.1 Å². The van der Waals surface area contributed by atoms with Crippen molar-refractivity contribution in [1.29, 1.82) is 0 Å². The first-order chi connectivity index (χ1) is 8.08. The van der Waals surface area contributed by atoms with Crippen LogP contribution in [-0.2, 0) is 6.54 Å². The van der Waals surface area contributed by atoms with Crippen LogP contribution in [0.1, 0.15) is 26.3 Å². The molecule has 0 unspecified atom stereocenters. The molecule has 0 bridgehead atoms. The Morgan fingerprint density at radius 3 is 1.94 bits per heavy atom. The number of halogens is 2. The van der Waals surface area contributed by atoms with E-state index in [2.05, 4.69) is 20.8 Å². The van der Waals surface area contributed by atoms with E-state index >= 15 is 0 Å². The van der Waals surface area contributed by atoms with Crippen molar-refractivity contribution in [3.05, 3.63) is 29.3 Å². The summed E-state index contributed by atoms with van der Waals surface area (Å²) in [5.74, 6) is -1.05. The molecule has 0 saturated carbocycles. The Morgan fingerprint density at radius 2 is 1.61 bits per heavy atom. The molecule has 0 atom stereocenters. The lowest BCUT2D eigenvalue weighted by Gasteiger charge is -2.36. The summed E-state index contributed by atoms with van der Waals surface area (Å²) in [4.78, 5) is 0. The summed E-state index contributed by atoms with van der Waals surface area (Å²) in [7, 11) is -2.08. The molecule has 0 saturated heterocycles. The molecular weight excluding hydrogens is 252 g/mol. The quantitative estimate of drug-likeness (QED) is 0.850. The van der Waals surface area contributed by atoms with E-state index in [0.29, 0.717) is 0 Å². The average Bonchev–Trinajstić information content (AvgIpc) is 2.14. The van der Waals surface area contributed by atoms with Crippen molar-refractivity contribution in [2.75, 3.05) is 0 Å². The first-order valence-corrected chi connectivity index (χ1v) is 8.86. The summed E-state index contributed by atoms with van der Waals surface area (Å²) in [5.41, 5.74) is 5.19. The van der Waals surface area contributed by atoms with Gasteiger partial charge in [0.1, 0.15) is 17.4 Å². The van der Waals surface area contributed by atoms with Crippen molar-refractivity contribution in [2.24, 2.45) is 5.73 Å². The Balaban J connectivity index is 3.07. The van der Waals surface area contributed by atoms with E-state index in [1.165, 1.54) is 12.1 Å². The minimum Gasteiger partial charge on any atom is -0.543 e. The first-order valence-electron chi connectivity index (χ1n) is 5.95. The van der Waals surface area contributed by atoms with Gasteiger partial charge in [-0.1, -0.05) is 20.8 Å². The monoisotopic (exact) mass is 273 g/mol. The molecule has 0 aliphatic heterocycles. The molecule has 0 aliphatic rings. The summed E-state index contributed by atoms with van der Waals surface area (Å²) in [5, 5.41) is -0.0213. The Labute approximate surface area is 108 Å². The van der Waals surface area contributed by atoms with Crippen LogP contribution in [-0.4, -0.2) is 8.32 Å². The van der Waals surface area contributed by atoms with E-state index in [-0.39, 0.29) is 22.9 Å². The summed E-state index contributed by atoms with van der Waals surface area (Å²) >= 11 is 0. The topological polar surface area (TPSA) is 35.2 Å². The van der Waals surface area contributed by atoms with Crippen LogP contribution in [0.3, 0.4) is 0 Å². The summed E-state index contributed by atoms with van der Waals surface area (Å²) in [6, 6.07) is 2.43. The van der Waals surface area contributed by atoms with E-state index in [1.807, 2.05) is 13.1 Å². The maximum absolute atomic E-state index is 13.6. The Morgan fingerprint density at radius 1 is 1.17 bits per heavy atom. The third-order valence-corrected chi connectivity index (χ3v) is 7.86. The standard InChI is InChI=1S/C13H21F2NOSi/c1-13(2,3)18(4,5)17-9-6-11(14)10(8-16)12(15)7-9/h6-7H,8,16H2,1-5H3. The predicted octanol–water partition coefficient (Wildman–Crippen LogP) is 3.81. The van der Waals surface area contributed by atoms with Crippen molar-refractivity contribution in [1.82, 2.24) is 0 Å². The van der Waals surface area contributed by atoms with Crippen molar-refractivity contribution in [3.8, 4) is 5.75 Å². The third kappa shape index (κ3) is 3.08. The molecule has 1 aromatic rings. The van der Waals surface area contributed by atoms with Crippen LogP contribution in [0.15, 0.2) is 12.1 Å². The zero-order valence-corrected chi connectivity index (χ0v) is 12.6. The highest BCUT2D eigenvalue weighted by Crippen LogP contribution is 2.37. The second kappa shape index (κ2) is 4.97.